The second kappa shape index (κ2) is 5.10. The Labute approximate surface area is 113 Å². The van der Waals surface area contributed by atoms with Crippen molar-refractivity contribution in [1.82, 2.24) is 9.97 Å². The van der Waals surface area contributed by atoms with E-state index in [4.69, 9.17) is 11.6 Å². The van der Waals surface area contributed by atoms with Gasteiger partial charge in [0.1, 0.15) is 17.3 Å². The number of hydrogen-bond acceptors (Lipinski definition) is 4. The van der Waals surface area contributed by atoms with E-state index in [1.165, 1.54) is 24.9 Å². The molecule has 0 saturated carbocycles. The summed E-state index contributed by atoms with van der Waals surface area (Å²) in [4.78, 5) is 8.07. The smallest absolute Gasteiger partial charge is 0.148 e. The zero-order valence-corrected chi connectivity index (χ0v) is 12.1. The van der Waals surface area contributed by atoms with Crippen LogP contribution in [0.25, 0.3) is 0 Å². The molecule has 1 fully saturated rings. The maximum absolute atomic E-state index is 5.90. The second-order valence-corrected chi connectivity index (χ2v) is 6.92. The summed E-state index contributed by atoms with van der Waals surface area (Å²) in [5, 5.41) is 3.78. The summed E-state index contributed by atoms with van der Waals surface area (Å²) in [6.07, 6.45) is 4.02. The number of hydrogen-bond donors (Lipinski definition) is 1. The third-order valence-corrected chi connectivity index (χ3v) is 5.48. The first kappa shape index (κ1) is 12.5. The minimum atomic E-state index is 0.316. The van der Waals surface area contributed by atoms with Gasteiger partial charge in [0.2, 0.25) is 0 Å². The van der Waals surface area contributed by atoms with Crippen LogP contribution in [0.2, 0.25) is 5.15 Å². The van der Waals surface area contributed by atoms with E-state index in [0.717, 1.165) is 16.8 Å². The van der Waals surface area contributed by atoms with Gasteiger partial charge in [-0.25, -0.2) is 9.97 Å². The highest BCUT2D eigenvalue weighted by atomic mass is 79.9. The molecule has 1 atom stereocenters. The molecular formula is C10H13BrClN3S. The van der Waals surface area contributed by atoms with E-state index in [2.05, 4.69) is 38.1 Å². The minimum Gasteiger partial charge on any atom is -0.368 e. The molecule has 2 heterocycles. The summed E-state index contributed by atoms with van der Waals surface area (Å²) in [5.74, 6) is 2.03. The van der Waals surface area contributed by atoms with Crippen LogP contribution in [0, 0.1) is 0 Å². The van der Waals surface area contributed by atoms with E-state index in [1.807, 2.05) is 11.8 Å². The highest BCUT2D eigenvalue weighted by Gasteiger charge is 2.29. The van der Waals surface area contributed by atoms with Gasteiger partial charge in [-0.3, -0.25) is 0 Å². The molecule has 88 valence electrons. The number of aromatic nitrogens is 2. The van der Waals surface area contributed by atoms with Gasteiger partial charge in [0, 0.05) is 11.3 Å². The number of rotatable bonds is 3. The first-order chi connectivity index (χ1) is 7.61. The largest absolute Gasteiger partial charge is 0.368 e. The van der Waals surface area contributed by atoms with Crippen molar-refractivity contribution in [2.75, 3.05) is 17.6 Å². The fraction of sp³-hybridized carbons (Fsp3) is 0.600. The number of anilines is 1. The third kappa shape index (κ3) is 2.81. The van der Waals surface area contributed by atoms with Gasteiger partial charge < -0.3 is 5.32 Å². The molecule has 1 N–H and O–H groups in total. The maximum Gasteiger partial charge on any atom is 0.148 e. The van der Waals surface area contributed by atoms with Crippen LogP contribution in [0.3, 0.4) is 0 Å². The summed E-state index contributed by atoms with van der Waals surface area (Å²) in [5.41, 5.74) is 0. The van der Waals surface area contributed by atoms with Crippen molar-refractivity contribution >= 4 is 45.1 Å². The minimum absolute atomic E-state index is 0.316. The van der Waals surface area contributed by atoms with E-state index in [-0.39, 0.29) is 0 Å². The van der Waals surface area contributed by atoms with Crippen molar-refractivity contribution in [2.45, 2.75) is 24.5 Å². The lowest BCUT2D eigenvalue weighted by Gasteiger charge is -2.23. The molecule has 0 amide bonds. The van der Waals surface area contributed by atoms with Gasteiger partial charge in [-0.15, -0.1) is 0 Å². The van der Waals surface area contributed by atoms with Gasteiger partial charge in [0.25, 0.3) is 0 Å². The summed E-state index contributed by atoms with van der Waals surface area (Å²) < 4.78 is 1.06. The van der Waals surface area contributed by atoms with E-state index in [1.54, 1.807) is 0 Å². The van der Waals surface area contributed by atoms with E-state index in [0.29, 0.717) is 9.90 Å². The molecular weight excluding hydrogens is 310 g/mol. The molecule has 2 rings (SSSR count). The fourth-order valence-electron chi connectivity index (χ4n) is 1.72. The van der Waals surface area contributed by atoms with Crippen LogP contribution in [-0.2, 0) is 0 Å². The maximum atomic E-state index is 5.90. The average Bonchev–Trinajstić information content (AvgIpc) is 2.68. The van der Waals surface area contributed by atoms with Crippen molar-refractivity contribution < 1.29 is 0 Å². The van der Waals surface area contributed by atoms with Gasteiger partial charge in [0.05, 0.1) is 4.47 Å². The molecule has 1 aromatic rings. The zero-order valence-electron chi connectivity index (χ0n) is 8.96. The molecule has 1 aliphatic rings. The molecule has 1 aliphatic heterocycles. The van der Waals surface area contributed by atoms with E-state index in [9.17, 15) is 0 Å². The lowest BCUT2D eigenvalue weighted by molar-refractivity contribution is 0.633. The Morgan fingerprint density at radius 2 is 2.44 bits per heavy atom. The standard InChI is InChI=1S/C10H13BrClN3S/c1-10(3-2-4-16-10)5-13-9-7(11)8(12)14-6-15-9/h6H,2-5H2,1H3,(H,13,14,15). The van der Waals surface area contributed by atoms with Crippen LogP contribution < -0.4 is 5.32 Å². The number of halogens is 2. The van der Waals surface area contributed by atoms with Crippen molar-refractivity contribution in [2.24, 2.45) is 0 Å². The predicted molar refractivity (Wildman–Crippen MR) is 73.3 cm³/mol. The molecule has 0 aliphatic carbocycles. The lowest BCUT2D eigenvalue weighted by atomic mass is 10.1. The van der Waals surface area contributed by atoms with E-state index < -0.39 is 0 Å². The molecule has 1 unspecified atom stereocenters. The highest BCUT2D eigenvalue weighted by molar-refractivity contribution is 9.10. The lowest BCUT2D eigenvalue weighted by Crippen LogP contribution is -2.27. The molecule has 1 saturated heterocycles. The van der Waals surface area contributed by atoms with Crippen molar-refractivity contribution in [3.05, 3.63) is 16.0 Å². The van der Waals surface area contributed by atoms with Crippen LogP contribution in [0.15, 0.2) is 10.8 Å². The van der Waals surface area contributed by atoms with Crippen LogP contribution in [0.1, 0.15) is 19.8 Å². The molecule has 0 spiro atoms. The normalized spacial score (nSPS) is 24.7. The average molecular weight is 323 g/mol. The van der Waals surface area contributed by atoms with Crippen LogP contribution in [0.4, 0.5) is 5.82 Å². The summed E-state index contributed by atoms with van der Waals surface area (Å²) in [6, 6.07) is 0. The molecule has 1 aromatic heterocycles. The van der Waals surface area contributed by atoms with E-state index >= 15 is 0 Å². The summed E-state index contributed by atoms with van der Waals surface area (Å²) in [6.45, 7) is 3.19. The monoisotopic (exact) mass is 321 g/mol. The number of nitrogens with zero attached hydrogens (tertiary/aromatic N) is 2. The molecule has 0 radical (unpaired) electrons. The predicted octanol–water partition coefficient (Wildman–Crippen LogP) is 3.59. The number of thioether (sulfide) groups is 1. The summed E-state index contributed by atoms with van der Waals surface area (Å²) in [7, 11) is 0. The molecule has 6 heteroatoms. The SMILES string of the molecule is CC1(CNc2ncnc(Cl)c2Br)CCCS1. The number of nitrogens with one attached hydrogen (secondary N) is 1. The van der Waals surface area contributed by atoms with Crippen molar-refractivity contribution in [1.29, 1.82) is 0 Å². The Morgan fingerprint density at radius 1 is 1.62 bits per heavy atom. The molecule has 3 nitrogen and oxygen atoms in total. The highest BCUT2D eigenvalue weighted by Crippen LogP contribution is 2.38. The fourth-order valence-corrected chi connectivity index (χ4v) is 3.44. The molecule has 0 bridgehead atoms. The van der Waals surface area contributed by atoms with Crippen molar-refractivity contribution in [3.8, 4) is 0 Å². The molecule has 0 aromatic carbocycles. The second-order valence-electron chi connectivity index (χ2n) is 4.08. The van der Waals surface area contributed by atoms with Crippen LogP contribution in [-0.4, -0.2) is 27.0 Å². The Kier molecular flexibility index (Phi) is 3.97. The Bertz CT molecular complexity index is 382. The van der Waals surface area contributed by atoms with Crippen LogP contribution in [0.5, 0.6) is 0 Å². The topological polar surface area (TPSA) is 37.8 Å². The van der Waals surface area contributed by atoms with Gasteiger partial charge in [0.15, 0.2) is 0 Å². The Balaban J connectivity index is 2.02. The van der Waals surface area contributed by atoms with Crippen molar-refractivity contribution in [3.63, 3.8) is 0 Å². The van der Waals surface area contributed by atoms with Gasteiger partial charge in [-0.2, -0.15) is 11.8 Å². The third-order valence-electron chi connectivity index (χ3n) is 2.68. The summed E-state index contributed by atoms with van der Waals surface area (Å²) >= 11 is 11.3. The quantitative estimate of drug-likeness (QED) is 0.863. The zero-order chi connectivity index (χ0) is 11.6. The first-order valence-corrected chi connectivity index (χ1v) is 7.30. The first-order valence-electron chi connectivity index (χ1n) is 5.15. The molecule has 16 heavy (non-hydrogen) atoms. The van der Waals surface area contributed by atoms with Gasteiger partial charge in [-0.1, -0.05) is 11.6 Å². The van der Waals surface area contributed by atoms with Gasteiger partial charge >= 0.3 is 0 Å². The Hall–Kier alpha value is -0.000000000000000222. The van der Waals surface area contributed by atoms with Gasteiger partial charge in [-0.05, 0) is 41.4 Å². The Morgan fingerprint density at radius 3 is 3.12 bits per heavy atom. The van der Waals surface area contributed by atoms with Crippen LogP contribution >= 0.6 is 39.3 Å².